The Morgan fingerprint density at radius 3 is 2.12 bits per heavy atom. The normalized spacial score (nSPS) is 22.4. The highest BCUT2D eigenvalue weighted by molar-refractivity contribution is 7.48. The number of Topliss-reactive ketones (excluding diaryl/α,β-unsaturated/α-hetero) is 1. The summed E-state index contributed by atoms with van der Waals surface area (Å²) >= 11 is 0. The van der Waals surface area contributed by atoms with Crippen molar-refractivity contribution in [1.82, 2.24) is 0 Å². The first-order valence-electron chi connectivity index (χ1n) is 14.9. The molecule has 40 heavy (non-hydrogen) atoms. The van der Waals surface area contributed by atoms with Gasteiger partial charge in [0.1, 0.15) is 12.2 Å². The Morgan fingerprint density at radius 2 is 1.55 bits per heavy atom. The number of nitrogens with zero attached hydrogens (tertiary/aromatic N) is 1. The van der Waals surface area contributed by atoms with Crippen molar-refractivity contribution in [3.05, 3.63) is 30.1 Å². The van der Waals surface area contributed by atoms with Crippen LogP contribution in [0.1, 0.15) is 114 Å². The van der Waals surface area contributed by atoms with E-state index in [1.165, 1.54) is 95.4 Å². The van der Waals surface area contributed by atoms with Crippen molar-refractivity contribution in [1.29, 1.82) is 0 Å². The van der Waals surface area contributed by atoms with Gasteiger partial charge in [0.05, 0.1) is 12.2 Å². The lowest BCUT2D eigenvalue weighted by molar-refractivity contribution is -0.765. The van der Waals surface area contributed by atoms with E-state index in [1.54, 1.807) is 18.3 Å². The molecule has 0 amide bonds. The Hall–Kier alpha value is -1.23. The van der Waals surface area contributed by atoms with E-state index in [0.29, 0.717) is 12.2 Å². The highest BCUT2D eigenvalue weighted by atomic mass is 31.2. The lowest BCUT2D eigenvalue weighted by Gasteiger charge is -2.19. The molecule has 11 heteroatoms. The molecule has 1 aromatic heterocycles. The Labute approximate surface area is 239 Å². The van der Waals surface area contributed by atoms with Crippen molar-refractivity contribution in [3.63, 3.8) is 0 Å². The summed E-state index contributed by atoms with van der Waals surface area (Å²) in [4.78, 5) is 11.7. The van der Waals surface area contributed by atoms with Gasteiger partial charge in [0.25, 0.3) is 6.23 Å². The molecular weight excluding hydrogens is 537 g/mol. The number of unbranched alkanes of at least 4 members (excludes halogenated alkanes) is 12. The molecule has 5 unspecified atom stereocenters. The molecule has 2 N–H and O–H groups in total. The van der Waals surface area contributed by atoms with E-state index in [1.807, 2.05) is 0 Å². The molecular formula is C29H51NO9P+. The number of pyridine rings is 1. The minimum absolute atomic E-state index is 0.142. The molecule has 1 aromatic rings. The van der Waals surface area contributed by atoms with Crippen LogP contribution >= 0.6 is 7.82 Å². The summed E-state index contributed by atoms with van der Waals surface area (Å²) in [6.45, 7) is 3.57. The van der Waals surface area contributed by atoms with Crippen molar-refractivity contribution < 1.29 is 47.2 Å². The number of hydrogen-bond donors (Lipinski definition) is 2. The first kappa shape index (κ1) is 35.0. The van der Waals surface area contributed by atoms with Crippen molar-refractivity contribution >= 4 is 13.6 Å². The first-order valence-corrected chi connectivity index (χ1v) is 16.3. The summed E-state index contributed by atoms with van der Waals surface area (Å²) in [6, 6.07) is 3.29. The maximum Gasteiger partial charge on any atom is 0.476 e. The lowest BCUT2D eigenvalue weighted by Crippen LogP contribution is -2.46. The second-order valence-corrected chi connectivity index (χ2v) is 12.2. The second-order valence-electron chi connectivity index (χ2n) is 10.5. The minimum atomic E-state index is -3.95. The average Bonchev–Trinajstić information content (AvgIpc) is 3.24. The van der Waals surface area contributed by atoms with Crippen LogP contribution in [0, 0.1) is 0 Å². The number of ketones is 1. The Kier molecular flexibility index (Phi) is 17.3. The third-order valence-electron chi connectivity index (χ3n) is 7.17. The van der Waals surface area contributed by atoms with E-state index >= 15 is 0 Å². The van der Waals surface area contributed by atoms with Gasteiger partial charge in [-0.05, 0) is 19.4 Å². The van der Waals surface area contributed by atoms with E-state index in [2.05, 4.69) is 6.92 Å². The number of ether oxygens (including phenoxy) is 2. The largest absolute Gasteiger partial charge is 0.476 e. The molecule has 5 atom stereocenters. The smallest absolute Gasteiger partial charge is 0.387 e. The number of aliphatic hydroxyl groups is 2. The van der Waals surface area contributed by atoms with Gasteiger partial charge in [-0.15, -0.1) is 0 Å². The number of aromatic nitrogens is 1. The van der Waals surface area contributed by atoms with Crippen LogP contribution in [0.2, 0.25) is 0 Å². The lowest BCUT2D eigenvalue weighted by atomic mass is 10.0. The molecule has 2 rings (SSSR count). The fraction of sp³-hybridized carbons (Fsp3) is 0.793. The molecule has 230 valence electrons. The molecule has 0 spiro atoms. The van der Waals surface area contributed by atoms with E-state index < -0.39 is 32.4 Å². The number of phosphoric acid groups is 1. The predicted molar refractivity (Wildman–Crippen MR) is 151 cm³/mol. The molecule has 2 heterocycles. The van der Waals surface area contributed by atoms with Gasteiger partial charge in [-0.25, -0.2) is 4.57 Å². The zero-order valence-corrected chi connectivity index (χ0v) is 25.5. The summed E-state index contributed by atoms with van der Waals surface area (Å²) in [7, 11) is -2.75. The number of carbonyl (C=O) groups is 1. The molecule has 0 aromatic carbocycles. The number of carbonyl (C=O) groups excluding carboxylic acids is 1. The molecule has 0 saturated carbocycles. The SMILES string of the molecule is CCCCCCCCCCCCCCCOCOP(=O)(OC)OCC1OC([n+]2cccc(C(C)=O)c2)C(O)C1O. The monoisotopic (exact) mass is 588 g/mol. The Balaban J connectivity index is 1.57. The molecule has 10 nitrogen and oxygen atoms in total. The van der Waals surface area contributed by atoms with E-state index in [9.17, 15) is 19.6 Å². The topological polar surface area (TPSA) is 125 Å². The summed E-state index contributed by atoms with van der Waals surface area (Å²) in [5.74, 6) is -0.142. The van der Waals surface area contributed by atoms with Gasteiger partial charge in [0, 0.05) is 19.8 Å². The quantitative estimate of drug-likeness (QED) is 0.0549. The summed E-state index contributed by atoms with van der Waals surface area (Å²) < 4.78 is 40.9. The van der Waals surface area contributed by atoms with Gasteiger partial charge in [-0.1, -0.05) is 84.0 Å². The first-order chi connectivity index (χ1) is 19.3. The molecule has 0 radical (unpaired) electrons. The van der Waals surface area contributed by atoms with Crippen LogP contribution in [-0.4, -0.2) is 61.4 Å². The summed E-state index contributed by atoms with van der Waals surface area (Å²) in [5, 5.41) is 20.9. The molecule has 1 fully saturated rings. The van der Waals surface area contributed by atoms with Crippen LogP contribution < -0.4 is 4.57 Å². The van der Waals surface area contributed by atoms with E-state index in [4.69, 9.17) is 23.0 Å². The fourth-order valence-electron chi connectivity index (χ4n) is 4.66. The summed E-state index contributed by atoms with van der Waals surface area (Å²) in [5.41, 5.74) is 0.434. The predicted octanol–water partition coefficient (Wildman–Crippen LogP) is 5.65. The van der Waals surface area contributed by atoms with Crippen LogP contribution in [0.3, 0.4) is 0 Å². The van der Waals surface area contributed by atoms with E-state index in [-0.39, 0.29) is 19.2 Å². The molecule has 1 aliphatic rings. The van der Waals surface area contributed by atoms with Gasteiger partial charge in [-0.3, -0.25) is 18.4 Å². The fourth-order valence-corrected chi connectivity index (χ4v) is 5.48. The number of rotatable bonds is 23. The number of aliphatic hydroxyl groups excluding tert-OH is 2. The van der Waals surface area contributed by atoms with Crippen molar-refractivity contribution in [2.24, 2.45) is 0 Å². The van der Waals surface area contributed by atoms with Crippen LogP contribution in [0.4, 0.5) is 0 Å². The standard InChI is InChI=1S/C29H51NO9P/c1-4-5-6-7-8-9-10-11-12-13-14-15-16-20-36-23-38-40(34,35-3)37-22-26-27(32)28(33)29(39-26)30-19-17-18-25(21-30)24(2)31/h17-19,21,26-29,32-33H,4-16,20,22-23H2,1-3H3/q+1. The van der Waals surface area contributed by atoms with Gasteiger partial charge < -0.3 is 19.7 Å². The van der Waals surface area contributed by atoms with E-state index in [0.717, 1.165) is 12.8 Å². The van der Waals surface area contributed by atoms with Crippen molar-refractivity contribution in [2.45, 2.75) is 122 Å². The third kappa shape index (κ3) is 12.7. The van der Waals surface area contributed by atoms with Crippen LogP contribution in [0.25, 0.3) is 0 Å². The zero-order valence-electron chi connectivity index (χ0n) is 24.6. The molecule has 1 saturated heterocycles. The minimum Gasteiger partial charge on any atom is -0.387 e. The summed E-state index contributed by atoms with van der Waals surface area (Å²) in [6.07, 6.45) is 15.1. The molecule has 0 aliphatic carbocycles. The van der Waals surface area contributed by atoms with Crippen molar-refractivity contribution in [2.75, 3.05) is 27.1 Å². The Morgan fingerprint density at radius 1 is 0.950 bits per heavy atom. The second kappa shape index (κ2) is 19.8. The van der Waals surface area contributed by atoms with Crippen LogP contribution in [-0.2, 0) is 27.6 Å². The Bertz CT molecular complexity index is 887. The van der Waals surface area contributed by atoms with Gasteiger partial charge >= 0.3 is 7.82 Å². The zero-order chi connectivity index (χ0) is 29.2. The number of hydrogen-bond acceptors (Lipinski definition) is 9. The maximum absolute atomic E-state index is 12.8. The third-order valence-corrected chi connectivity index (χ3v) is 8.50. The molecule has 0 bridgehead atoms. The maximum atomic E-state index is 12.8. The van der Waals surface area contributed by atoms with Gasteiger partial charge in [0.2, 0.25) is 0 Å². The van der Waals surface area contributed by atoms with Gasteiger partial charge in [0.15, 0.2) is 31.1 Å². The van der Waals surface area contributed by atoms with Crippen LogP contribution in [0.15, 0.2) is 24.5 Å². The van der Waals surface area contributed by atoms with Crippen LogP contribution in [0.5, 0.6) is 0 Å². The highest BCUT2D eigenvalue weighted by Crippen LogP contribution is 2.49. The highest BCUT2D eigenvalue weighted by Gasteiger charge is 2.49. The number of phosphoric ester groups is 1. The van der Waals surface area contributed by atoms with Gasteiger partial charge in [-0.2, -0.15) is 4.57 Å². The average molecular weight is 589 g/mol. The molecule has 1 aliphatic heterocycles. The van der Waals surface area contributed by atoms with Crippen molar-refractivity contribution in [3.8, 4) is 0 Å².